The number of ether oxygens (including phenoxy) is 1. The quantitative estimate of drug-likeness (QED) is 0.211. The Bertz CT molecular complexity index is 1290. The van der Waals surface area contributed by atoms with E-state index in [2.05, 4.69) is 17.6 Å². The second kappa shape index (κ2) is 15.2. The van der Waals surface area contributed by atoms with Crippen molar-refractivity contribution in [2.75, 3.05) is 11.9 Å². The topological polar surface area (TPSA) is 87.7 Å². The lowest BCUT2D eigenvalue weighted by Crippen LogP contribution is -2.51. The van der Waals surface area contributed by atoms with Crippen molar-refractivity contribution < 1.29 is 19.1 Å². The second-order valence-corrected chi connectivity index (χ2v) is 11.5. The molecule has 0 heterocycles. The van der Waals surface area contributed by atoms with Crippen LogP contribution in [0.3, 0.4) is 0 Å². The Balaban J connectivity index is 1.89. The standard InChI is InChI=1S/C34H45N3O4/c1-6-7-8-9-10-16-23-37(32(39)25(2)35-33(40)41-34(3,4)5)30(27-18-12-11-13-19-27)31(38)36-29-22-21-26-17-14-15-20-28(26)24-29/h11-15,17-22,24-25,30H,6-10,16,23H2,1-5H3,(H,35,40)(H,36,38). The van der Waals surface area contributed by atoms with E-state index in [4.69, 9.17) is 4.74 Å². The van der Waals surface area contributed by atoms with E-state index in [1.54, 1.807) is 32.6 Å². The highest BCUT2D eigenvalue weighted by molar-refractivity contribution is 6.00. The second-order valence-electron chi connectivity index (χ2n) is 11.5. The Hall–Kier alpha value is -3.87. The van der Waals surface area contributed by atoms with Crippen molar-refractivity contribution in [3.8, 4) is 0 Å². The lowest BCUT2D eigenvalue weighted by molar-refractivity contribution is -0.140. The fourth-order valence-corrected chi connectivity index (χ4v) is 4.81. The Morgan fingerprint density at radius 2 is 1.46 bits per heavy atom. The maximum Gasteiger partial charge on any atom is 0.408 e. The highest BCUT2D eigenvalue weighted by Crippen LogP contribution is 2.26. The van der Waals surface area contributed by atoms with Gasteiger partial charge in [0.2, 0.25) is 5.91 Å². The van der Waals surface area contributed by atoms with Gasteiger partial charge in [-0.3, -0.25) is 9.59 Å². The lowest BCUT2D eigenvalue weighted by Gasteiger charge is -2.33. The molecule has 7 heteroatoms. The molecule has 3 rings (SSSR count). The third-order valence-electron chi connectivity index (χ3n) is 6.83. The number of carbonyl (C=O) groups is 3. The van der Waals surface area contributed by atoms with E-state index in [1.165, 1.54) is 6.42 Å². The van der Waals surface area contributed by atoms with Crippen LogP contribution in [0.5, 0.6) is 0 Å². The first-order chi connectivity index (χ1) is 19.6. The van der Waals surface area contributed by atoms with Crippen molar-refractivity contribution in [1.82, 2.24) is 10.2 Å². The molecule has 0 aromatic heterocycles. The van der Waals surface area contributed by atoms with Gasteiger partial charge in [0.15, 0.2) is 0 Å². The number of anilines is 1. The molecule has 7 nitrogen and oxygen atoms in total. The maximum atomic E-state index is 14.0. The smallest absolute Gasteiger partial charge is 0.408 e. The van der Waals surface area contributed by atoms with E-state index in [1.807, 2.05) is 72.8 Å². The first-order valence-corrected chi connectivity index (χ1v) is 14.7. The highest BCUT2D eigenvalue weighted by Gasteiger charge is 2.34. The molecular formula is C34H45N3O4. The molecule has 220 valence electrons. The molecule has 0 bridgehead atoms. The summed E-state index contributed by atoms with van der Waals surface area (Å²) in [5.41, 5.74) is 0.660. The molecule has 41 heavy (non-hydrogen) atoms. The molecule has 0 aliphatic carbocycles. The van der Waals surface area contributed by atoms with E-state index in [0.717, 1.165) is 42.9 Å². The van der Waals surface area contributed by atoms with Gasteiger partial charge in [0.05, 0.1) is 0 Å². The molecule has 3 amide bonds. The third-order valence-corrected chi connectivity index (χ3v) is 6.83. The summed E-state index contributed by atoms with van der Waals surface area (Å²) in [6.45, 7) is 9.50. The van der Waals surface area contributed by atoms with Gasteiger partial charge in [0.25, 0.3) is 5.91 Å². The molecule has 0 aliphatic rings. The lowest BCUT2D eigenvalue weighted by atomic mass is 10.0. The molecule has 0 saturated heterocycles. The predicted molar refractivity (Wildman–Crippen MR) is 166 cm³/mol. The van der Waals surface area contributed by atoms with Crippen molar-refractivity contribution in [2.45, 2.75) is 90.8 Å². The van der Waals surface area contributed by atoms with Crippen molar-refractivity contribution in [3.05, 3.63) is 78.4 Å². The average molecular weight is 560 g/mol. The van der Waals surface area contributed by atoms with Gasteiger partial charge in [-0.1, -0.05) is 99.7 Å². The molecule has 0 spiro atoms. The molecule has 2 N–H and O–H groups in total. The number of benzene rings is 3. The summed E-state index contributed by atoms with van der Waals surface area (Å²) in [7, 11) is 0. The summed E-state index contributed by atoms with van der Waals surface area (Å²) in [4.78, 5) is 42.0. The molecule has 2 atom stereocenters. The summed E-state index contributed by atoms with van der Waals surface area (Å²) in [5, 5.41) is 7.81. The predicted octanol–water partition coefficient (Wildman–Crippen LogP) is 7.62. The molecule has 0 aliphatic heterocycles. The van der Waals surface area contributed by atoms with Crippen LogP contribution >= 0.6 is 0 Å². The average Bonchev–Trinajstić information content (AvgIpc) is 2.93. The van der Waals surface area contributed by atoms with E-state index in [9.17, 15) is 14.4 Å². The Morgan fingerprint density at radius 3 is 2.15 bits per heavy atom. The summed E-state index contributed by atoms with van der Waals surface area (Å²) in [6.07, 6.45) is 5.58. The summed E-state index contributed by atoms with van der Waals surface area (Å²) < 4.78 is 5.38. The molecule has 3 aromatic carbocycles. The molecular weight excluding hydrogens is 514 g/mol. The maximum absolute atomic E-state index is 14.0. The van der Waals surface area contributed by atoms with E-state index in [-0.39, 0.29) is 11.8 Å². The normalized spacial score (nSPS) is 12.8. The van der Waals surface area contributed by atoms with Crippen molar-refractivity contribution >= 4 is 34.4 Å². The zero-order valence-electron chi connectivity index (χ0n) is 25.1. The monoisotopic (exact) mass is 559 g/mol. The van der Waals surface area contributed by atoms with Gasteiger partial charge in [-0.05, 0) is 62.6 Å². The Kier molecular flexibility index (Phi) is 11.7. The molecule has 0 radical (unpaired) electrons. The first-order valence-electron chi connectivity index (χ1n) is 14.7. The largest absolute Gasteiger partial charge is 0.444 e. The van der Waals surface area contributed by atoms with Gasteiger partial charge in [0, 0.05) is 12.2 Å². The van der Waals surface area contributed by atoms with E-state index in [0.29, 0.717) is 17.8 Å². The summed E-state index contributed by atoms with van der Waals surface area (Å²) in [6, 6.07) is 21.3. The van der Waals surface area contributed by atoms with Crippen LogP contribution in [0.4, 0.5) is 10.5 Å². The fraction of sp³-hybridized carbons (Fsp3) is 0.441. The van der Waals surface area contributed by atoms with Gasteiger partial charge < -0.3 is 20.3 Å². The molecule has 3 aromatic rings. The summed E-state index contributed by atoms with van der Waals surface area (Å²) >= 11 is 0. The molecule has 0 saturated carbocycles. The molecule has 2 unspecified atom stereocenters. The minimum absolute atomic E-state index is 0.310. The van der Waals surface area contributed by atoms with Crippen molar-refractivity contribution in [2.24, 2.45) is 0 Å². The van der Waals surface area contributed by atoms with E-state index < -0.39 is 23.8 Å². The number of rotatable bonds is 13. The Labute approximate surface area is 244 Å². The van der Waals surface area contributed by atoms with Crippen LogP contribution in [0.1, 0.15) is 84.7 Å². The number of carbonyl (C=O) groups excluding carboxylic acids is 3. The SMILES string of the molecule is CCCCCCCCN(C(=O)C(C)NC(=O)OC(C)(C)C)C(C(=O)Nc1ccc2ccccc2c1)c1ccccc1. The van der Waals surface area contributed by atoms with Crippen LogP contribution < -0.4 is 10.6 Å². The van der Waals surface area contributed by atoms with Gasteiger partial charge >= 0.3 is 6.09 Å². The van der Waals surface area contributed by atoms with E-state index >= 15 is 0 Å². The van der Waals surface area contributed by atoms with Crippen LogP contribution in [0, 0.1) is 0 Å². The number of fused-ring (bicyclic) bond motifs is 1. The minimum Gasteiger partial charge on any atom is -0.444 e. The van der Waals surface area contributed by atoms with Gasteiger partial charge in [-0.2, -0.15) is 0 Å². The minimum atomic E-state index is -0.885. The number of unbranched alkanes of at least 4 members (excludes halogenated alkanes) is 5. The highest BCUT2D eigenvalue weighted by atomic mass is 16.6. The zero-order chi connectivity index (χ0) is 29.8. The number of hydrogen-bond acceptors (Lipinski definition) is 4. The summed E-state index contributed by atoms with van der Waals surface area (Å²) in [5.74, 6) is -0.651. The fourth-order valence-electron chi connectivity index (χ4n) is 4.81. The van der Waals surface area contributed by atoms with Crippen molar-refractivity contribution in [1.29, 1.82) is 0 Å². The van der Waals surface area contributed by atoms with Crippen molar-refractivity contribution in [3.63, 3.8) is 0 Å². The van der Waals surface area contributed by atoms with Crippen LogP contribution in [0.2, 0.25) is 0 Å². The van der Waals surface area contributed by atoms with Crippen LogP contribution in [-0.2, 0) is 14.3 Å². The van der Waals surface area contributed by atoms with Gasteiger partial charge in [-0.25, -0.2) is 4.79 Å². The van der Waals surface area contributed by atoms with Gasteiger partial charge in [-0.15, -0.1) is 0 Å². The number of amides is 3. The van der Waals surface area contributed by atoms with Crippen LogP contribution in [0.15, 0.2) is 72.8 Å². The number of hydrogen-bond donors (Lipinski definition) is 2. The number of nitrogens with one attached hydrogen (secondary N) is 2. The van der Waals surface area contributed by atoms with Crippen LogP contribution in [0.25, 0.3) is 10.8 Å². The zero-order valence-corrected chi connectivity index (χ0v) is 25.1. The van der Waals surface area contributed by atoms with Gasteiger partial charge in [0.1, 0.15) is 17.7 Å². The number of nitrogens with zero attached hydrogens (tertiary/aromatic N) is 1. The van der Waals surface area contributed by atoms with Crippen LogP contribution in [-0.4, -0.2) is 41.0 Å². The molecule has 0 fully saturated rings. The number of alkyl carbamates (subject to hydrolysis) is 1. The Morgan fingerprint density at radius 1 is 0.829 bits per heavy atom. The first kappa shape index (κ1) is 31.7. The third kappa shape index (κ3) is 9.92.